The average Bonchev–Trinajstić information content (AvgIpc) is 2.44. The molecule has 2 rings (SSSR count). The maximum atomic E-state index is 11.7. The molecule has 1 N–H and O–H groups in total. The molecule has 0 atom stereocenters. The van der Waals surface area contributed by atoms with Crippen LogP contribution in [-0.2, 0) is 20.9 Å². The monoisotopic (exact) mass is 271 g/mol. The molecule has 1 amide bonds. The summed E-state index contributed by atoms with van der Waals surface area (Å²) >= 11 is 0. The molecule has 0 bridgehead atoms. The first-order valence-electron chi connectivity index (χ1n) is 6.49. The molecule has 4 nitrogen and oxygen atoms in total. The number of nitrogens with one attached hydrogen (secondary N) is 1. The van der Waals surface area contributed by atoms with Gasteiger partial charge in [-0.05, 0) is 34.5 Å². The molecule has 0 aliphatic rings. The highest BCUT2D eigenvalue weighted by atomic mass is 16.5. The fourth-order valence-corrected chi connectivity index (χ4v) is 1.88. The molecular formula is C16H17NO3. The number of ether oxygens (including phenoxy) is 1. The summed E-state index contributed by atoms with van der Waals surface area (Å²) in [5.41, 5.74) is 1.68. The zero-order valence-electron chi connectivity index (χ0n) is 11.6. The lowest BCUT2D eigenvalue weighted by atomic mass is 10.1. The third-order valence-corrected chi connectivity index (χ3v) is 3.01. The number of carbonyl (C=O) groups excluding carboxylic acids is 2. The Hall–Kier alpha value is -2.36. The van der Waals surface area contributed by atoms with Gasteiger partial charge in [0.25, 0.3) is 6.47 Å². The van der Waals surface area contributed by atoms with Gasteiger partial charge in [0.05, 0.1) is 0 Å². The second-order valence-electron chi connectivity index (χ2n) is 4.95. The summed E-state index contributed by atoms with van der Waals surface area (Å²) < 4.78 is 4.74. The molecule has 2 aromatic carbocycles. The van der Waals surface area contributed by atoms with Gasteiger partial charge in [0.2, 0.25) is 5.91 Å². The Morgan fingerprint density at radius 2 is 1.95 bits per heavy atom. The summed E-state index contributed by atoms with van der Waals surface area (Å²) in [5.74, 6) is -0.0668. The quantitative estimate of drug-likeness (QED) is 0.850. The molecule has 0 saturated heterocycles. The van der Waals surface area contributed by atoms with Crippen molar-refractivity contribution in [3.05, 3.63) is 42.0 Å². The summed E-state index contributed by atoms with van der Waals surface area (Å²) in [5, 5.41) is 4.94. The van der Waals surface area contributed by atoms with Crippen molar-refractivity contribution in [1.82, 2.24) is 0 Å². The minimum absolute atomic E-state index is 0.00945. The Labute approximate surface area is 117 Å². The first-order chi connectivity index (χ1) is 9.60. The van der Waals surface area contributed by atoms with E-state index in [1.54, 1.807) is 0 Å². The first kappa shape index (κ1) is 14.1. The van der Waals surface area contributed by atoms with Crippen molar-refractivity contribution in [2.75, 3.05) is 5.32 Å². The number of anilines is 1. The fraction of sp³-hybridized carbons (Fsp3) is 0.250. The zero-order valence-corrected chi connectivity index (χ0v) is 11.6. The standard InChI is InChI=1S/C16H17NO3/c1-11(2)16(19)17-15-6-5-13-4-3-12(9-20-10-18)7-14(13)8-15/h3-8,10-11H,9H2,1-2H3,(H,17,19). The van der Waals surface area contributed by atoms with Gasteiger partial charge < -0.3 is 10.1 Å². The molecule has 20 heavy (non-hydrogen) atoms. The molecule has 0 aliphatic carbocycles. The first-order valence-corrected chi connectivity index (χ1v) is 6.49. The minimum atomic E-state index is -0.0574. The lowest BCUT2D eigenvalue weighted by Gasteiger charge is -2.09. The van der Waals surface area contributed by atoms with E-state index in [2.05, 4.69) is 5.32 Å². The highest BCUT2D eigenvalue weighted by molar-refractivity contribution is 5.95. The van der Waals surface area contributed by atoms with Crippen molar-refractivity contribution in [1.29, 1.82) is 0 Å². The molecule has 4 heteroatoms. The zero-order chi connectivity index (χ0) is 14.5. The molecule has 0 unspecified atom stereocenters. The predicted molar refractivity (Wildman–Crippen MR) is 78.3 cm³/mol. The molecule has 0 fully saturated rings. The Bertz CT molecular complexity index is 635. The van der Waals surface area contributed by atoms with Crippen molar-refractivity contribution in [2.24, 2.45) is 5.92 Å². The number of carbonyl (C=O) groups is 2. The van der Waals surface area contributed by atoms with Gasteiger partial charge in [0.1, 0.15) is 6.61 Å². The SMILES string of the molecule is CC(C)C(=O)Nc1ccc2ccc(COC=O)cc2c1. The summed E-state index contributed by atoms with van der Waals surface area (Å²) in [6.45, 7) is 4.39. The summed E-state index contributed by atoms with van der Waals surface area (Å²) in [6, 6.07) is 11.6. The van der Waals surface area contributed by atoms with Crippen LogP contribution in [0.5, 0.6) is 0 Å². The largest absolute Gasteiger partial charge is 0.463 e. The van der Waals surface area contributed by atoms with Crippen LogP contribution in [0.2, 0.25) is 0 Å². The van der Waals surface area contributed by atoms with E-state index in [-0.39, 0.29) is 18.4 Å². The van der Waals surface area contributed by atoms with Crippen LogP contribution in [0.3, 0.4) is 0 Å². The molecule has 0 heterocycles. The molecule has 104 valence electrons. The van der Waals surface area contributed by atoms with Crippen LogP contribution >= 0.6 is 0 Å². The number of fused-ring (bicyclic) bond motifs is 1. The Balaban J connectivity index is 2.26. The van der Waals surface area contributed by atoms with Crippen LogP contribution in [0.1, 0.15) is 19.4 Å². The van der Waals surface area contributed by atoms with E-state index in [9.17, 15) is 9.59 Å². The van der Waals surface area contributed by atoms with Gasteiger partial charge in [-0.1, -0.05) is 32.0 Å². The Morgan fingerprint density at radius 3 is 2.65 bits per heavy atom. The van der Waals surface area contributed by atoms with Gasteiger partial charge in [-0.2, -0.15) is 0 Å². The average molecular weight is 271 g/mol. The molecule has 0 aromatic heterocycles. The third-order valence-electron chi connectivity index (χ3n) is 3.01. The second kappa shape index (κ2) is 6.19. The van der Waals surface area contributed by atoms with E-state index in [4.69, 9.17) is 4.74 Å². The van der Waals surface area contributed by atoms with E-state index in [1.165, 1.54) is 0 Å². The molecule has 0 saturated carbocycles. The second-order valence-corrected chi connectivity index (χ2v) is 4.95. The van der Waals surface area contributed by atoms with Crippen LogP contribution in [0.4, 0.5) is 5.69 Å². The van der Waals surface area contributed by atoms with Gasteiger partial charge >= 0.3 is 0 Å². The highest BCUT2D eigenvalue weighted by Crippen LogP contribution is 2.21. The van der Waals surface area contributed by atoms with Crippen LogP contribution in [0.15, 0.2) is 36.4 Å². The number of amides is 1. The molecular weight excluding hydrogens is 254 g/mol. The Morgan fingerprint density at radius 1 is 1.20 bits per heavy atom. The van der Waals surface area contributed by atoms with E-state index in [0.717, 1.165) is 22.0 Å². The molecule has 0 aliphatic heterocycles. The fourth-order valence-electron chi connectivity index (χ4n) is 1.88. The number of rotatable bonds is 5. The topological polar surface area (TPSA) is 55.4 Å². The van der Waals surface area contributed by atoms with E-state index >= 15 is 0 Å². The van der Waals surface area contributed by atoms with Gasteiger partial charge in [0, 0.05) is 11.6 Å². The molecule has 0 spiro atoms. The molecule has 0 radical (unpaired) electrons. The van der Waals surface area contributed by atoms with Crippen molar-refractivity contribution in [3.8, 4) is 0 Å². The Kier molecular flexibility index (Phi) is 4.35. The van der Waals surface area contributed by atoms with Gasteiger partial charge in [0.15, 0.2) is 0 Å². The van der Waals surface area contributed by atoms with Crippen LogP contribution in [-0.4, -0.2) is 12.4 Å². The predicted octanol–water partition coefficient (Wildman–Crippen LogP) is 3.11. The van der Waals surface area contributed by atoms with E-state index in [0.29, 0.717) is 6.47 Å². The van der Waals surface area contributed by atoms with Crippen molar-refractivity contribution >= 4 is 28.8 Å². The van der Waals surface area contributed by atoms with Gasteiger partial charge in [-0.15, -0.1) is 0 Å². The number of hydrogen-bond donors (Lipinski definition) is 1. The van der Waals surface area contributed by atoms with Crippen LogP contribution in [0.25, 0.3) is 10.8 Å². The van der Waals surface area contributed by atoms with Crippen molar-refractivity contribution in [2.45, 2.75) is 20.5 Å². The lowest BCUT2D eigenvalue weighted by molar-refractivity contribution is -0.129. The van der Waals surface area contributed by atoms with Gasteiger partial charge in [-0.3, -0.25) is 9.59 Å². The van der Waals surface area contributed by atoms with Crippen LogP contribution in [0, 0.1) is 5.92 Å². The summed E-state index contributed by atoms with van der Waals surface area (Å²) in [6.07, 6.45) is 0. The highest BCUT2D eigenvalue weighted by Gasteiger charge is 2.07. The summed E-state index contributed by atoms with van der Waals surface area (Å²) in [4.78, 5) is 21.9. The number of hydrogen-bond acceptors (Lipinski definition) is 3. The number of benzene rings is 2. The van der Waals surface area contributed by atoms with Crippen LogP contribution < -0.4 is 5.32 Å². The van der Waals surface area contributed by atoms with Crippen molar-refractivity contribution < 1.29 is 14.3 Å². The van der Waals surface area contributed by atoms with E-state index < -0.39 is 0 Å². The minimum Gasteiger partial charge on any atom is -0.463 e. The van der Waals surface area contributed by atoms with Gasteiger partial charge in [-0.25, -0.2) is 0 Å². The van der Waals surface area contributed by atoms with Crippen molar-refractivity contribution in [3.63, 3.8) is 0 Å². The maximum absolute atomic E-state index is 11.7. The summed E-state index contributed by atoms with van der Waals surface area (Å²) in [7, 11) is 0. The normalized spacial score (nSPS) is 10.6. The smallest absolute Gasteiger partial charge is 0.293 e. The van der Waals surface area contributed by atoms with E-state index in [1.807, 2.05) is 50.2 Å². The maximum Gasteiger partial charge on any atom is 0.293 e. The third kappa shape index (κ3) is 3.35. The lowest BCUT2D eigenvalue weighted by Crippen LogP contribution is -2.17. The molecule has 2 aromatic rings.